The number of hydrogen-bond donors (Lipinski definition) is 0. The Bertz CT molecular complexity index is 663. The van der Waals surface area contributed by atoms with E-state index in [9.17, 15) is 4.79 Å². The van der Waals surface area contributed by atoms with Gasteiger partial charge in [-0.15, -0.1) is 0 Å². The number of nitrogens with zero attached hydrogens (tertiary/aromatic N) is 5. The summed E-state index contributed by atoms with van der Waals surface area (Å²) >= 11 is 0. The molecule has 3 aliphatic rings. The fraction of sp³-hybridized carbons (Fsp3) is 0.850. The van der Waals surface area contributed by atoms with Crippen LogP contribution in [-0.2, 0) is 11.3 Å². The van der Waals surface area contributed by atoms with Crippen LogP contribution >= 0.6 is 0 Å². The van der Waals surface area contributed by atoms with Crippen LogP contribution in [0.5, 0.6) is 0 Å². The van der Waals surface area contributed by atoms with Crippen molar-refractivity contribution in [3.8, 4) is 0 Å². The van der Waals surface area contributed by atoms with Crippen molar-refractivity contribution in [2.24, 2.45) is 5.41 Å². The number of rotatable bonds is 6. The summed E-state index contributed by atoms with van der Waals surface area (Å²) in [5.74, 6) is 2.04. The van der Waals surface area contributed by atoms with Crippen molar-refractivity contribution in [2.45, 2.75) is 64.0 Å². The Kier molecular flexibility index (Phi) is 5.25. The summed E-state index contributed by atoms with van der Waals surface area (Å²) in [6, 6.07) is -0.0100. The molecule has 1 spiro atoms. The fourth-order valence-electron chi connectivity index (χ4n) is 4.74. The summed E-state index contributed by atoms with van der Waals surface area (Å²) in [5.41, 5.74) is 0.312. The Morgan fingerprint density at radius 2 is 2.07 bits per heavy atom. The molecule has 27 heavy (non-hydrogen) atoms. The van der Waals surface area contributed by atoms with Gasteiger partial charge in [-0.3, -0.25) is 9.69 Å². The van der Waals surface area contributed by atoms with E-state index in [1.54, 1.807) is 4.90 Å². The molecule has 3 fully saturated rings. The maximum absolute atomic E-state index is 13.3. The Morgan fingerprint density at radius 3 is 2.74 bits per heavy atom. The number of carbonyl (C=O) groups excluding carboxylic acids is 1. The Hall–Kier alpha value is -1.47. The highest BCUT2D eigenvalue weighted by molar-refractivity contribution is 5.82. The molecule has 2 saturated heterocycles. The molecule has 1 atom stereocenters. The molecule has 7 nitrogen and oxygen atoms in total. The van der Waals surface area contributed by atoms with Crippen LogP contribution < -0.4 is 0 Å². The smallest absolute Gasteiger partial charge is 0.246 e. The third-order valence-corrected chi connectivity index (χ3v) is 6.62. The molecule has 1 aromatic heterocycles. The van der Waals surface area contributed by atoms with Crippen molar-refractivity contribution in [3.63, 3.8) is 0 Å². The Balaban J connectivity index is 1.41. The van der Waals surface area contributed by atoms with Gasteiger partial charge in [-0.2, -0.15) is 4.98 Å². The lowest BCUT2D eigenvalue weighted by Crippen LogP contribution is -2.44. The lowest BCUT2D eigenvalue weighted by Gasteiger charge is -2.37. The van der Waals surface area contributed by atoms with E-state index in [4.69, 9.17) is 4.52 Å². The summed E-state index contributed by atoms with van der Waals surface area (Å²) in [6.07, 6.45) is 6.77. The zero-order valence-corrected chi connectivity index (χ0v) is 17.0. The van der Waals surface area contributed by atoms with Gasteiger partial charge in [0.25, 0.3) is 0 Å². The van der Waals surface area contributed by atoms with Gasteiger partial charge in [0, 0.05) is 19.5 Å². The van der Waals surface area contributed by atoms with Crippen LogP contribution in [0.1, 0.15) is 63.1 Å². The largest absolute Gasteiger partial charge is 0.337 e. The van der Waals surface area contributed by atoms with Gasteiger partial charge < -0.3 is 14.3 Å². The van der Waals surface area contributed by atoms with Crippen molar-refractivity contribution in [3.05, 3.63) is 11.7 Å². The minimum Gasteiger partial charge on any atom is -0.337 e. The molecule has 4 rings (SSSR count). The van der Waals surface area contributed by atoms with Gasteiger partial charge in [-0.25, -0.2) is 0 Å². The summed E-state index contributed by atoms with van der Waals surface area (Å²) < 4.78 is 5.37. The van der Waals surface area contributed by atoms with Crippen molar-refractivity contribution < 1.29 is 9.32 Å². The van der Waals surface area contributed by atoms with E-state index in [2.05, 4.69) is 33.9 Å². The van der Waals surface area contributed by atoms with E-state index in [1.807, 2.05) is 7.05 Å². The monoisotopic (exact) mass is 375 g/mol. The number of aromatic nitrogens is 2. The van der Waals surface area contributed by atoms with Gasteiger partial charge in [-0.05, 0) is 70.6 Å². The first-order valence-electron chi connectivity index (χ1n) is 10.5. The number of likely N-dealkylation sites (N-methyl/N-ethyl adjacent to an activating group) is 1. The average molecular weight is 376 g/mol. The molecular weight excluding hydrogens is 342 g/mol. The first kappa shape index (κ1) is 18.9. The third kappa shape index (κ3) is 4.04. The van der Waals surface area contributed by atoms with Crippen LogP contribution in [0.3, 0.4) is 0 Å². The fourth-order valence-corrected chi connectivity index (χ4v) is 4.74. The molecule has 1 amide bonds. The summed E-state index contributed by atoms with van der Waals surface area (Å²) in [4.78, 5) is 24.4. The number of hydrogen-bond acceptors (Lipinski definition) is 6. The van der Waals surface area contributed by atoms with Crippen molar-refractivity contribution in [2.75, 3.05) is 40.3 Å². The number of likely N-dealkylation sites (tertiary alicyclic amines) is 2. The van der Waals surface area contributed by atoms with Crippen LogP contribution in [0.25, 0.3) is 0 Å². The predicted molar refractivity (Wildman–Crippen MR) is 102 cm³/mol. The van der Waals surface area contributed by atoms with Gasteiger partial charge in [0.15, 0.2) is 5.82 Å². The summed E-state index contributed by atoms with van der Waals surface area (Å²) in [6.45, 7) is 6.94. The topological polar surface area (TPSA) is 65.7 Å². The van der Waals surface area contributed by atoms with Crippen molar-refractivity contribution in [1.29, 1.82) is 0 Å². The lowest BCUT2D eigenvalue weighted by molar-refractivity contribution is -0.135. The lowest BCUT2D eigenvalue weighted by atomic mass is 9.76. The summed E-state index contributed by atoms with van der Waals surface area (Å²) in [7, 11) is 4.06. The molecule has 7 heteroatoms. The van der Waals surface area contributed by atoms with E-state index in [-0.39, 0.29) is 11.9 Å². The van der Waals surface area contributed by atoms with E-state index in [0.717, 1.165) is 57.7 Å². The quantitative estimate of drug-likeness (QED) is 0.759. The van der Waals surface area contributed by atoms with E-state index >= 15 is 0 Å². The Morgan fingerprint density at radius 1 is 1.33 bits per heavy atom. The zero-order valence-electron chi connectivity index (χ0n) is 17.0. The standard InChI is InChI=1S/C20H33N5O2/c1-4-9-25-14-20(7-10-23(2)11-8-20)12-16(25)19(26)24(3)13-17-21-18(22-27-17)15-5-6-15/h15-16H,4-14H2,1-3H3/t16-/m0/s1. The van der Waals surface area contributed by atoms with Gasteiger partial charge >= 0.3 is 0 Å². The molecule has 0 bridgehead atoms. The first-order chi connectivity index (χ1) is 13.0. The highest BCUT2D eigenvalue weighted by Gasteiger charge is 2.47. The van der Waals surface area contributed by atoms with Crippen molar-refractivity contribution in [1.82, 2.24) is 24.8 Å². The molecule has 3 heterocycles. The molecule has 1 saturated carbocycles. The van der Waals surface area contributed by atoms with Gasteiger partial charge in [-0.1, -0.05) is 12.1 Å². The highest BCUT2D eigenvalue weighted by atomic mass is 16.5. The van der Waals surface area contributed by atoms with Gasteiger partial charge in [0.2, 0.25) is 11.8 Å². The van der Waals surface area contributed by atoms with E-state index < -0.39 is 0 Å². The zero-order chi connectivity index (χ0) is 19.0. The number of piperidine rings is 1. The first-order valence-corrected chi connectivity index (χ1v) is 10.5. The van der Waals surface area contributed by atoms with Crippen LogP contribution in [0.15, 0.2) is 4.52 Å². The molecule has 150 valence electrons. The minimum absolute atomic E-state index is 0.0100. The van der Waals surface area contributed by atoms with Crippen molar-refractivity contribution >= 4 is 5.91 Å². The average Bonchev–Trinajstić information content (AvgIpc) is 3.31. The predicted octanol–water partition coefficient (Wildman–Crippen LogP) is 2.10. The molecular formula is C20H33N5O2. The molecule has 2 aliphatic heterocycles. The highest BCUT2D eigenvalue weighted by Crippen LogP contribution is 2.43. The minimum atomic E-state index is -0.0100. The second-order valence-electron chi connectivity index (χ2n) is 9.01. The second-order valence-corrected chi connectivity index (χ2v) is 9.01. The Labute approximate surface area is 162 Å². The normalized spacial score (nSPS) is 26.0. The van der Waals surface area contributed by atoms with Crippen LogP contribution in [0.4, 0.5) is 0 Å². The van der Waals surface area contributed by atoms with Crippen LogP contribution in [-0.4, -0.2) is 77.1 Å². The molecule has 0 aromatic carbocycles. The molecule has 0 unspecified atom stereocenters. The second kappa shape index (κ2) is 7.51. The third-order valence-electron chi connectivity index (χ3n) is 6.62. The van der Waals surface area contributed by atoms with E-state index in [0.29, 0.717) is 23.8 Å². The van der Waals surface area contributed by atoms with Crippen LogP contribution in [0.2, 0.25) is 0 Å². The van der Waals surface area contributed by atoms with E-state index in [1.165, 1.54) is 12.8 Å². The molecule has 0 N–H and O–H groups in total. The molecule has 1 aliphatic carbocycles. The maximum atomic E-state index is 13.3. The maximum Gasteiger partial charge on any atom is 0.246 e. The van der Waals surface area contributed by atoms with Gasteiger partial charge in [0.05, 0.1) is 12.6 Å². The van der Waals surface area contributed by atoms with Crippen LogP contribution in [0, 0.1) is 5.41 Å². The number of amides is 1. The molecule has 1 aromatic rings. The SMILES string of the molecule is CCCN1CC2(CCN(C)CC2)C[C@H]1C(=O)N(C)Cc1nc(C2CC2)no1. The molecule has 0 radical (unpaired) electrons. The summed E-state index contributed by atoms with van der Waals surface area (Å²) in [5, 5.41) is 4.07. The van der Waals surface area contributed by atoms with Gasteiger partial charge in [0.1, 0.15) is 0 Å². The number of carbonyl (C=O) groups is 1.